The molecule has 0 aliphatic carbocycles. The predicted octanol–water partition coefficient (Wildman–Crippen LogP) is -2.43. The molecule has 2 rings (SSSR count). The Morgan fingerprint density at radius 1 is 1.30 bits per heavy atom. The summed E-state index contributed by atoms with van der Waals surface area (Å²) in [6.45, 7) is 0. The fourth-order valence-corrected chi connectivity index (χ4v) is 2.03. The number of rotatable bonds is 0. The molecule has 1 heterocycles. The third-order valence-corrected chi connectivity index (χ3v) is 2.76. The standard InChI is InChI=1S/C7H4NSe.BrH/c1-2-4-7-6(3-1)8-5-9-7;/h1-4H;1H/q+1;/p-1. The molecule has 0 spiro atoms. The second-order valence-corrected chi connectivity index (χ2v) is 3.51. The first-order valence-electron chi connectivity index (χ1n) is 2.68. The van der Waals surface area contributed by atoms with E-state index in [0.717, 1.165) is 5.69 Å². The number of aliphatic imine (C=N–C) groups is 1. The molecule has 0 N–H and O–H groups in total. The number of nitrogens with zero attached hydrogens (tertiary/aromatic N) is 1. The van der Waals surface area contributed by atoms with Crippen LogP contribution in [0, 0.1) is 0 Å². The number of hydrogen-bond acceptors (Lipinski definition) is 1. The van der Waals surface area contributed by atoms with Gasteiger partial charge in [0, 0.05) is 0 Å². The molecular formula is C7H4BrNSe. The van der Waals surface area contributed by atoms with Gasteiger partial charge in [0.2, 0.25) is 0 Å². The minimum atomic E-state index is 0. The molecule has 1 aromatic carbocycles. The van der Waals surface area contributed by atoms with Crippen molar-refractivity contribution >= 4 is 30.2 Å². The Labute approximate surface area is 76.5 Å². The van der Waals surface area contributed by atoms with Gasteiger partial charge < -0.3 is 17.0 Å². The van der Waals surface area contributed by atoms with Crippen LogP contribution in [0.5, 0.6) is 0 Å². The summed E-state index contributed by atoms with van der Waals surface area (Å²) in [7, 11) is 0. The molecule has 1 nitrogen and oxygen atoms in total. The van der Waals surface area contributed by atoms with E-state index in [2.05, 4.69) is 16.2 Å². The third-order valence-electron chi connectivity index (χ3n) is 1.19. The van der Waals surface area contributed by atoms with Crippen molar-refractivity contribution < 1.29 is 17.0 Å². The van der Waals surface area contributed by atoms with E-state index in [9.17, 15) is 0 Å². The average Bonchev–Trinajstić information content (AvgIpc) is 2.33. The number of benzene rings is 1. The van der Waals surface area contributed by atoms with Gasteiger partial charge in [0.15, 0.2) is 0 Å². The number of fused-ring (bicyclic) bond motifs is 1. The fourth-order valence-electron chi connectivity index (χ4n) is 0.757. The molecule has 0 bridgehead atoms. The van der Waals surface area contributed by atoms with Gasteiger partial charge in [-0.2, -0.15) is 0 Å². The molecule has 10 heavy (non-hydrogen) atoms. The fraction of sp³-hybridized carbons (Fsp3) is 0. The Balaban J connectivity index is 0.000000500. The summed E-state index contributed by atoms with van der Waals surface area (Å²) >= 11 is 0.386. The Morgan fingerprint density at radius 3 is 2.90 bits per heavy atom. The monoisotopic (exact) mass is 261 g/mol. The van der Waals surface area contributed by atoms with E-state index in [-0.39, 0.29) is 17.0 Å². The first-order chi connectivity index (χ1) is 4.47. The average molecular weight is 261 g/mol. The molecule has 0 amide bonds. The van der Waals surface area contributed by atoms with Crippen LogP contribution in [0.4, 0.5) is 5.69 Å². The van der Waals surface area contributed by atoms with E-state index >= 15 is 0 Å². The van der Waals surface area contributed by atoms with E-state index in [1.165, 1.54) is 4.46 Å². The molecule has 0 saturated carbocycles. The Bertz CT molecular complexity index is 260. The zero-order valence-electron chi connectivity index (χ0n) is 5.04. The van der Waals surface area contributed by atoms with E-state index in [4.69, 9.17) is 0 Å². The predicted molar refractivity (Wildman–Crippen MR) is 38.9 cm³/mol. The topological polar surface area (TPSA) is 12.4 Å². The second-order valence-electron chi connectivity index (χ2n) is 1.77. The number of halogens is 1. The molecule has 0 saturated heterocycles. The van der Waals surface area contributed by atoms with Gasteiger partial charge in [-0.15, -0.1) is 0 Å². The van der Waals surface area contributed by atoms with Gasteiger partial charge in [0.1, 0.15) is 0 Å². The van der Waals surface area contributed by atoms with Crippen LogP contribution in [0.2, 0.25) is 0 Å². The first-order valence-corrected chi connectivity index (χ1v) is 4.40. The van der Waals surface area contributed by atoms with Crippen molar-refractivity contribution in [3.63, 3.8) is 0 Å². The maximum absolute atomic E-state index is 4.08. The zero-order chi connectivity index (χ0) is 6.10. The number of para-hydroxylation sites is 1. The number of hydrogen-bond donors (Lipinski definition) is 0. The van der Waals surface area contributed by atoms with E-state index in [1.807, 2.05) is 18.2 Å². The zero-order valence-corrected chi connectivity index (χ0v) is 8.34. The normalized spacial score (nSPS) is 11.6. The first kappa shape index (κ1) is 7.90. The molecule has 0 aromatic heterocycles. The maximum atomic E-state index is 4.08. The van der Waals surface area contributed by atoms with Crippen molar-refractivity contribution in [1.82, 2.24) is 0 Å². The summed E-state index contributed by atoms with van der Waals surface area (Å²) in [5.41, 5.74) is 1.11. The summed E-state index contributed by atoms with van der Waals surface area (Å²) in [6.07, 6.45) is 0. The quantitative estimate of drug-likeness (QED) is 0.364. The summed E-state index contributed by atoms with van der Waals surface area (Å²) < 4.78 is 1.35. The molecule has 0 atom stereocenters. The van der Waals surface area contributed by atoms with Crippen molar-refractivity contribution in [1.29, 1.82) is 0 Å². The van der Waals surface area contributed by atoms with Crippen molar-refractivity contribution in [2.75, 3.05) is 0 Å². The van der Waals surface area contributed by atoms with Crippen LogP contribution < -0.4 is 21.4 Å². The van der Waals surface area contributed by atoms with Gasteiger partial charge in [-0.25, -0.2) is 0 Å². The summed E-state index contributed by atoms with van der Waals surface area (Å²) in [6, 6.07) is 8.18. The van der Waals surface area contributed by atoms with Gasteiger partial charge >= 0.3 is 59.5 Å². The summed E-state index contributed by atoms with van der Waals surface area (Å²) in [5, 5.41) is 2.98. The van der Waals surface area contributed by atoms with Gasteiger partial charge in [0.05, 0.1) is 0 Å². The van der Waals surface area contributed by atoms with E-state index < -0.39 is 0 Å². The molecule has 50 valence electrons. The van der Waals surface area contributed by atoms with Crippen LogP contribution in [-0.2, 0) is 0 Å². The van der Waals surface area contributed by atoms with Crippen LogP contribution >= 0.6 is 0 Å². The molecule has 0 radical (unpaired) electrons. The Morgan fingerprint density at radius 2 is 2.10 bits per heavy atom. The SMILES string of the molecule is [Br-].[C+]1=Nc2ccccc2[Se]1. The van der Waals surface area contributed by atoms with Crippen LogP contribution in [0.15, 0.2) is 29.3 Å². The Kier molecular flexibility index (Phi) is 2.58. The summed E-state index contributed by atoms with van der Waals surface area (Å²) in [5.74, 6) is 0. The van der Waals surface area contributed by atoms with Gasteiger partial charge in [-0.3, -0.25) is 0 Å². The van der Waals surface area contributed by atoms with Gasteiger partial charge in [-0.1, -0.05) is 0 Å². The minimum absolute atomic E-state index is 0. The molecule has 0 unspecified atom stereocenters. The molecular weight excluding hydrogens is 257 g/mol. The third kappa shape index (κ3) is 1.28. The van der Waals surface area contributed by atoms with Crippen molar-refractivity contribution in [2.45, 2.75) is 0 Å². The van der Waals surface area contributed by atoms with Gasteiger partial charge in [0.25, 0.3) is 0 Å². The van der Waals surface area contributed by atoms with Crippen molar-refractivity contribution in [3.8, 4) is 0 Å². The molecule has 0 fully saturated rings. The summed E-state index contributed by atoms with van der Waals surface area (Å²) in [4.78, 5) is 4.08. The van der Waals surface area contributed by atoms with Crippen molar-refractivity contribution in [3.05, 3.63) is 24.3 Å². The van der Waals surface area contributed by atoms with Crippen LogP contribution in [0.3, 0.4) is 0 Å². The molecule has 1 aliphatic rings. The molecule has 1 aliphatic heterocycles. The molecule has 1 aromatic rings. The molecule has 3 heteroatoms. The van der Waals surface area contributed by atoms with E-state index in [1.54, 1.807) is 0 Å². The van der Waals surface area contributed by atoms with Crippen LogP contribution in [-0.4, -0.2) is 20.1 Å². The van der Waals surface area contributed by atoms with Crippen molar-refractivity contribution in [2.24, 2.45) is 4.99 Å². The van der Waals surface area contributed by atoms with E-state index in [0.29, 0.717) is 15.0 Å². The van der Waals surface area contributed by atoms with Gasteiger partial charge in [-0.05, 0) is 0 Å². The Hall–Kier alpha value is -0.201. The van der Waals surface area contributed by atoms with Crippen LogP contribution in [0.25, 0.3) is 0 Å². The second kappa shape index (κ2) is 3.27. The van der Waals surface area contributed by atoms with Crippen LogP contribution in [0.1, 0.15) is 0 Å².